The van der Waals surface area contributed by atoms with Crippen molar-refractivity contribution in [2.45, 2.75) is 18.2 Å². The van der Waals surface area contributed by atoms with Gasteiger partial charge in [0.05, 0.1) is 21.8 Å². The zero-order valence-corrected chi connectivity index (χ0v) is 19.3. The number of aromatic nitrogens is 2. The first-order chi connectivity index (χ1) is 15.7. The molecule has 0 N–H and O–H groups in total. The van der Waals surface area contributed by atoms with Crippen molar-refractivity contribution in [2.24, 2.45) is 0 Å². The summed E-state index contributed by atoms with van der Waals surface area (Å²) >= 11 is 6.48. The third kappa shape index (κ3) is 4.64. The van der Waals surface area contributed by atoms with Gasteiger partial charge in [-0.3, -0.25) is 4.79 Å². The molecule has 2 heterocycles. The number of carbonyl (C=O) groups excluding carboxylic acids is 1. The van der Waals surface area contributed by atoms with Crippen molar-refractivity contribution in [3.63, 3.8) is 0 Å². The van der Waals surface area contributed by atoms with Gasteiger partial charge in [-0.1, -0.05) is 11.6 Å². The van der Waals surface area contributed by atoms with E-state index in [-0.39, 0.29) is 41.2 Å². The topological polar surface area (TPSA) is 75.5 Å². The summed E-state index contributed by atoms with van der Waals surface area (Å²) in [5, 5.41) is 4.43. The third-order valence-corrected chi connectivity index (χ3v) is 7.74. The average Bonchev–Trinajstić information content (AvgIpc) is 2.95. The predicted octanol–water partition coefficient (Wildman–Crippen LogP) is 3.65. The fourth-order valence-electron chi connectivity index (χ4n) is 3.75. The number of amides is 1. The number of halogens is 3. The number of carbonyl (C=O) groups is 1. The van der Waals surface area contributed by atoms with Crippen molar-refractivity contribution < 1.29 is 22.0 Å². The standard InChI is InChI=1S/C22H21ClF2N4O3S/c1-15-20(21(23)29(26-15)18-7-3-16(24)4-8-18)22(30)27-11-2-12-28(14-13-27)33(31,32)19-9-5-17(25)6-10-19/h3-10H,2,11-14H2,1H3. The normalized spacial score (nSPS) is 15.5. The van der Waals surface area contributed by atoms with Gasteiger partial charge < -0.3 is 4.90 Å². The molecular weight excluding hydrogens is 474 g/mol. The first-order valence-electron chi connectivity index (χ1n) is 10.2. The number of sulfonamides is 1. The van der Waals surface area contributed by atoms with Crippen LogP contribution >= 0.6 is 11.6 Å². The Morgan fingerprint density at radius 1 is 0.939 bits per heavy atom. The maximum atomic E-state index is 13.3. The van der Waals surface area contributed by atoms with Crippen LogP contribution in [0, 0.1) is 18.6 Å². The molecule has 0 bridgehead atoms. The molecule has 33 heavy (non-hydrogen) atoms. The molecule has 0 aliphatic carbocycles. The van der Waals surface area contributed by atoms with E-state index in [2.05, 4.69) is 5.10 Å². The number of nitrogens with zero attached hydrogens (tertiary/aromatic N) is 4. The van der Waals surface area contributed by atoms with Crippen LogP contribution in [0.1, 0.15) is 22.5 Å². The minimum atomic E-state index is -3.81. The highest BCUT2D eigenvalue weighted by Gasteiger charge is 2.31. The van der Waals surface area contributed by atoms with E-state index in [1.807, 2.05) is 0 Å². The molecule has 1 aromatic heterocycles. The Morgan fingerprint density at radius 2 is 1.55 bits per heavy atom. The summed E-state index contributed by atoms with van der Waals surface area (Å²) < 4.78 is 55.0. The molecular formula is C22H21ClF2N4O3S. The summed E-state index contributed by atoms with van der Waals surface area (Å²) in [5.74, 6) is -1.28. The van der Waals surface area contributed by atoms with Gasteiger partial charge in [-0.2, -0.15) is 9.40 Å². The van der Waals surface area contributed by atoms with Crippen molar-refractivity contribution in [3.8, 4) is 5.69 Å². The van der Waals surface area contributed by atoms with Gasteiger partial charge in [-0.25, -0.2) is 21.9 Å². The van der Waals surface area contributed by atoms with Crippen LogP contribution in [-0.4, -0.2) is 59.5 Å². The number of rotatable bonds is 4. The van der Waals surface area contributed by atoms with Crippen LogP contribution in [0.2, 0.25) is 5.15 Å². The maximum Gasteiger partial charge on any atom is 0.258 e. The van der Waals surface area contributed by atoms with Gasteiger partial charge in [0.1, 0.15) is 16.8 Å². The molecule has 0 unspecified atom stereocenters. The number of hydrogen-bond acceptors (Lipinski definition) is 4. The number of hydrogen-bond donors (Lipinski definition) is 0. The Bertz CT molecular complexity index is 1280. The van der Waals surface area contributed by atoms with Crippen LogP contribution < -0.4 is 0 Å². The Kier molecular flexibility index (Phi) is 6.51. The van der Waals surface area contributed by atoms with Crippen molar-refractivity contribution in [1.82, 2.24) is 19.0 Å². The molecule has 0 atom stereocenters. The smallest absolute Gasteiger partial charge is 0.258 e. The second-order valence-electron chi connectivity index (χ2n) is 7.64. The van der Waals surface area contributed by atoms with E-state index in [9.17, 15) is 22.0 Å². The lowest BCUT2D eigenvalue weighted by molar-refractivity contribution is 0.0763. The quantitative estimate of drug-likeness (QED) is 0.555. The van der Waals surface area contributed by atoms with Gasteiger partial charge in [-0.15, -0.1) is 0 Å². The van der Waals surface area contributed by atoms with Gasteiger partial charge in [-0.05, 0) is 61.9 Å². The molecule has 4 rings (SSSR count). The van der Waals surface area contributed by atoms with Crippen molar-refractivity contribution in [3.05, 3.63) is 76.6 Å². The molecule has 1 aliphatic heterocycles. The zero-order valence-electron chi connectivity index (χ0n) is 17.7. The van der Waals surface area contributed by atoms with Gasteiger partial charge in [0, 0.05) is 26.2 Å². The molecule has 1 saturated heterocycles. The molecule has 1 aliphatic rings. The van der Waals surface area contributed by atoms with Crippen molar-refractivity contribution in [2.75, 3.05) is 26.2 Å². The van der Waals surface area contributed by atoms with Gasteiger partial charge in [0.2, 0.25) is 10.0 Å². The zero-order chi connectivity index (χ0) is 23.8. The third-order valence-electron chi connectivity index (χ3n) is 5.48. The van der Waals surface area contributed by atoms with E-state index in [1.54, 1.807) is 11.8 Å². The van der Waals surface area contributed by atoms with Gasteiger partial charge in [0.25, 0.3) is 5.91 Å². The van der Waals surface area contributed by atoms with E-state index >= 15 is 0 Å². The van der Waals surface area contributed by atoms with Crippen LogP contribution in [0.4, 0.5) is 8.78 Å². The molecule has 7 nitrogen and oxygen atoms in total. The molecule has 2 aromatic carbocycles. The summed E-state index contributed by atoms with van der Waals surface area (Å²) in [4.78, 5) is 14.8. The highest BCUT2D eigenvalue weighted by atomic mass is 35.5. The highest BCUT2D eigenvalue weighted by molar-refractivity contribution is 7.89. The van der Waals surface area contributed by atoms with E-state index in [0.717, 1.165) is 12.1 Å². The van der Waals surface area contributed by atoms with E-state index in [1.165, 1.54) is 45.4 Å². The fraction of sp³-hybridized carbons (Fsp3) is 0.273. The van der Waals surface area contributed by atoms with Crippen LogP contribution in [0.3, 0.4) is 0 Å². The summed E-state index contributed by atoms with van der Waals surface area (Å²) in [6.45, 7) is 2.48. The van der Waals surface area contributed by atoms with Crippen molar-refractivity contribution >= 4 is 27.5 Å². The lowest BCUT2D eigenvalue weighted by Gasteiger charge is -2.22. The van der Waals surface area contributed by atoms with Crippen LogP contribution in [-0.2, 0) is 10.0 Å². The Morgan fingerprint density at radius 3 is 2.18 bits per heavy atom. The van der Waals surface area contributed by atoms with E-state index in [4.69, 9.17) is 11.6 Å². The molecule has 11 heteroatoms. The first-order valence-corrected chi connectivity index (χ1v) is 12.1. The van der Waals surface area contributed by atoms with E-state index < -0.39 is 21.7 Å². The fourth-order valence-corrected chi connectivity index (χ4v) is 5.57. The van der Waals surface area contributed by atoms with Crippen LogP contribution in [0.15, 0.2) is 53.4 Å². The monoisotopic (exact) mass is 494 g/mol. The van der Waals surface area contributed by atoms with Crippen LogP contribution in [0.5, 0.6) is 0 Å². The van der Waals surface area contributed by atoms with Crippen LogP contribution in [0.25, 0.3) is 5.69 Å². The second-order valence-corrected chi connectivity index (χ2v) is 9.94. The number of aryl methyl sites for hydroxylation is 1. The summed E-state index contributed by atoms with van der Waals surface area (Å²) in [7, 11) is -3.81. The molecule has 1 fully saturated rings. The summed E-state index contributed by atoms with van der Waals surface area (Å²) in [6.07, 6.45) is 0.426. The lowest BCUT2D eigenvalue weighted by atomic mass is 10.2. The highest BCUT2D eigenvalue weighted by Crippen LogP contribution is 2.26. The minimum Gasteiger partial charge on any atom is -0.337 e. The lowest BCUT2D eigenvalue weighted by Crippen LogP contribution is -2.37. The molecule has 0 radical (unpaired) electrons. The summed E-state index contributed by atoms with van der Waals surface area (Å²) in [6, 6.07) is 10.2. The van der Waals surface area contributed by atoms with Gasteiger partial charge in [0.15, 0.2) is 0 Å². The Labute approximate surface area is 195 Å². The molecule has 1 amide bonds. The second kappa shape index (κ2) is 9.20. The largest absolute Gasteiger partial charge is 0.337 e. The molecule has 3 aromatic rings. The Balaban J connectivity index is 1.54. The Hall–Kier alpha value is -2.82. The molecule has 0 saturated carbocycles. The summed E-state index contributed by atoms with van der Waals surface area (Å²) in [5.41, 5.74) is 1.14. The average molecular weight is 495 g/mol. The molecule has 0 spiro atoms. The number of benzene rings is 2. The van der Waals surface area contributed by atoms with Crippen molar-refractivity contribution in [1.29, 1.82) is 0 Å². The molecule has 174 valence electrons. The predicted molar refractivity (Wildman–Crippen MR) is 119 cm³/mol. The first kappa shape index (κ1) is 23.3. The van der Waals surface area contributed by atoms with E-state index in [0.29, 0.717) is 24.3 Å². The SMILES string of the molecule is Cc1nn(-c2ccc(F)cc2)c(Cl)c1C(=O)N1CCCN(S(=O)(=O)c2ccc(F)cc2)CC1. The maximum absolute atomic E-state index is 13.3. The van der Waals surface area contributed by atoms with Gasteiger partial charge >= 0.3 is 0 Å². The minimum absolute atomic E-state index is 0.00291.